The number of aliphatic hydroxyl groups is 7. The van der Waals surface area contributed by atoms with Crippen LogP contribution in [0.15, 0.2) is 0 Å². The summed E-state index contributed by atoms with van der Waals surface area (Å²) in [5.74, 6) is -0.698. The molecule has 1 rings (SSSR count). The van der Waals surface area contributed by atoms with Crippen molar-refractivity contribution >= 4 is 5.91 Å². The third-order valence-electron chi connectivity index (χ3n) is 10.2. The molecular formula is C39H77NO10. The Labute approximate surface area is 303 Å². The van der Waals surface area contributed by atoms with Crippen LogP contribution in [0.4, 0.5) is 0 Å². The minimum atomic E-state index is -1.65. The fraction of sp³-hybridized carbons (Fsp3) is 0.974. The van der Waals surface area contributed by atoms with Gasteiger partial charge in [0, 0.05) is 0 Å². The highest BCUT2D eigenvalue weighted by Crippen LogP contribution is 2.23. The number of hydrogen-bond acceptors (Lipinski definition) is 10. The van der Waals surface area contributed by atoms with E-state index in [1.165, 1.54) is 96.3 Å². The van der Waals surface area contributed by atoms with E-state index in [4.69, 9.17) is 9.47 Å². The summed E-state index contributed by atoms with van der Waals surface area (Å²) < 4.78 is 11.0. The van der Waals surface area contributed by atoms with Crippen molar-refractivity contribution in [3.8, 4) is 0 Å². The smallest absolute Gasteiger partial charge is 0.249 e. The Hall–Kier alpha value is -0.890. The summed E-state index contributed by atoms with van der Waals surface area (Å²) in [7, 11) is 0. The van der Waals surface area contributed by atoms with Crippen LogP contribution in [0.2, 0.25) is 0 Å². The molecule has 0 bridgehead atoms. The maximum Gasteiger partial charge on any atom is 0.249 e. The fourth-order valence-corrected chi connectivity index (χ4v) is 6.67. The second-order valence-corrected chi connectivity index (χ2v) is 14.7. The Morgan fingerprint density at radius 2 is 1.04 bits per heavy atom. The first-order valence-corrected chi connectivity index (χ1v) is 20.4. The quantitative estimate of drug-likeness (QED) is 0.0421. The van der Waals surface area contributed by atoms with Crippen molar-refractivity contribution in [3.63, 3.8) is 0 Å². The zero-order valence-corrected chi connectivity index (χ0v) is 31.6. The average Bonchev–Trinajstić information content (AvgIpc) is 3.11. The van der Waals surface area contributed by atoms with E-state index in [0.717, 1.165) is 38.5 Å². The Bertz CT molecular complexity index is 790. The lowest BCUT2D eigenvalue weighted by Crippen LogP contribution is -2.60. The lowest BCUT2D eigenvalue weighted by molar-refractivity contribution is -0.303. The van der Waals surface area contributed by atoms with E-state index in [2.05, 4.69) is 19.2 Å². The van der Waals surface area contributed by atoms with Gasteiger partial charge in [0.15, 0.2) is 6.29 Å². The molecule has 50 heavy (non-hydrogen) atoms. The maximum absolute atomic E-state index is 13.0. The van der Waals surface area contributed by atoms with Crippen molar-refractivity contribution in [1.82, 2.24) is 5.32 Å². The van der Waals surface area contributed by atoms with E-state index in [-0.39, 0.29) is 6.42 Å². The first-order valence-electron chi connectivity index (χ1n) is 20.4. The normalized spacial score (nSPS) is 23.4. The standard InChI is InChI=1S/C39H77NO10/c1-3-5-7-9-11-13-14-15-16-17-18-19-21-23-25-27-32(43)38(48)40-30(29-49-39-37(47)36(46)35(45)33(28-41)50-39)34(44)31(42)26-24-22-20-12-10-8-6-4-2/h30-37,39,41-47H,3-29H2,1-2H3,(H,40,48). The lowest BCUT2D eigenvalue weighted by atomic mass is 9.98. The molecule has 0 spiro atoms. The van der Waals surface area contributed by atoms with Crippen LogP contribution in [0.1, 0.15) is 174 Å². The van der Waals surface area contributed by atoms with Crippen LogP contribution in [-0.4, -0.2) is 110 Å². The molecule has 1 saturated heterocycles. The van der Waals surface area contributed by atoms with Gasteiger partial charge in [0.25, 0.3) is 0 Å². The number of unbranched alkanes of at least 4 members (excludes halogenated alkanes) is 21. The van der Waals surface area contributed by atoms with E-state index >= 15 is 0 Å². The summed E-state index contributed by atoms with van der Waals surface area (Å²) in [6.07, 6.45) is 16.0. The van der Waals surface area contributed by atoms with Crippen LogP contribution in [0.5, 0.6) is 0 Å². The van der Waals surface area contributed by atoms with E-state index in [0.29, 0.717) is 19.3 Å². The Morgan fingerprint density at radius 3 is 1.48 bits per heavy atom. The van der Waals surface area contributed by atoms with Crippen LogP contribution >= 0.6 is 0 Å². The van der Waals surface area contributed by atoms with Crippen molar-refractivity contribution in [3.05, 3.63) is 0 Å². The Kier molecular flexibility index (Phi) is 28.8. The van der Waals surface area contributed by atoms with Crippen LogP contribution in [0.3, 0.4) is 0 Å². The highest BCUT2D eigenvalue weighted by molar-refractivity contribution is 5.80. The SMILES string of the molecule is CCCCCCCCCCCCCCCCCC(O)C(=O)NC(COC1OC(CO)C(O)C(O)C1O)C(O)C(O)CCCCCCCCCC. The van der Waals surface area contributed by atoms with Crippen LogP contribution in [-0.2, 0) is 14.3 Å². The van der Waals surface area contributed by atoms with Crippen molar-refractivity contribution in [2.24, 2.45) is 0 Å². The molecule has 0 aromatic carbocycles. The molecule has 11 heteroatoms. The van der Waals surface area contributed by atoms with Gasteiger partial charge in [0.05, 0.1) is 25.4 Å². The second-order valence-electron chi connectivity index (χ2n) is 14.7. The lowest BCUT2D eigenvalue weighted by Gasteiger charge is -2.40. The number of hydrogen-bond donors (Lipinski definition) is 8. The fourth-order valence-electron chi connectivity index (χ4n) is 6.67. The maximum atomic E-state index is 13.0. The van der Waals surface area contributed by atoms with Gasteiger partial charge in [-0.25, -0.2) is 0 Å². The molecule has 0 aromatic heterocycles. The van der Waals surface area contributed by atoms with E-state index in [1.54, 1.807) is 0 Å². The number of nitrogens with one attached hydrogen (secondary N) is 1. The molecule has 1 amide bonds. The monoisotopic (exact) mass is 720 g/mol. The molecule has 9 atom stereocenters. The molecule has 0 aliphatic carbocycles. The summed E-state index contributed by atoms with van der Waals surface area (Å²) in [6.45, 7) is 3.38. The number of carbonyl (C=O) groups is 1. The van der Waals surface area contributed by atoms with Crippen molar-refractivity contribution in [2.45, 2.75) is 229 Å². The average molecular weight is 720 g/mol. The minimum Gasteiger partial charge on any atom is -0.394 e. The Balaban J connectivity index is 2.49. The minimum absolute atomic E-state index is 0.265. The van der Waals surface area contributed by atoms with Crippen molar-refractivity contribution in [1.29, 1.82) is 0 Å². The van der Waals surface area contributed by atoms with E-state index in [9.17, 15) is 40.5 Å². The van der Waals surface area contributed by atoms with Gasteiger partial charge >= 0.3 is 0 Å². The largest absolute Gasteiger partial charge is 0.394 e. The summed E-state index contributed by atoms with van der Waals surface area (Å²) in [5, 5.41) is 75.1. The number of aliphatic hydroxyl groups excluding tert-OH is 7. The molecule has 8 N–H and O–H groups in total. The van der Waals surface area contributed by atoms with Crippen LogP contribution in [0.25, 0.3) is 0 Å². The van der Waals surface area contributed by atoms with Gasteiger partial charge in [-0.05, 0) is 12.8 Å². The molecule has 0 radical (unpaired) electrons. The first-order chi connectivity index (χ1) is 24.2. The zero-order chi connectivity index (χ0) is 37.0. The molecule has 9 unspecified atom stereocenters. The predicted molar refractivity (Wildman–Crippen MR) is 196 cm³/mol. The van der Waals surface area contributed by atoms with Gasteiger partial charge in [0.1, 0.15) is 36.6 Å². The summed E-state index contributed by atoms with van der Waals surface area (Å²) in [4.78, 5) is 13.0. The molecule has 1 fully saturated rings. The van der Waals surface area contributed by atoms with E-state index in [1.807, 2.05) is 0 Å². The number of amides is 1. The summed E-state index contributed by atoms with van der Waals surface area (Å²) in [6, 6.07) is -1.16. The van der Waals surface area contributed by atoms with Crippen molar-refractivity contribution < 1.29 is 50.0 Å². The Morgan fingerprint density at radius 1 is 0.620 bits per heavy atom. The van der Waals surface area contributed by atoms with Gasteiger partial charge in [-0.15, -0.1) is 0 Å². The molecule has 11 nitrogen and oxygen atoms in total. The highest BCUT2D eigenvalue weighted by Gasteiger charge is 2.44. The first kappa shape index (κ1) is 47.1. The number of rotatable bonds is 33. The predicted octanol–water partition coefficient (Wildman–Crippen LogP) is 5.16. The molecule has 1 heterocycles. The van der Waals surface area contributed by atoms with Gasteiger partial charge in [-0.1, -0.05) is 162 Å². The molecular weight excluding hydrogens is 642 g/mol. The summed E-state index contributed by atoms with van der Waals surface area (Å²) >= 11 is 0. The van der Waals surface area contributed by atoms with Crippen LogP contribution < -0.4 is 5.32 Å². The van der Waals surface area contributed by atoms with Gasteiger partial charge in [0.2, 0.25) is 5.91 Å². The number of ether oxygens (including phenoxy) is 2. The third-order valence-corrected chi connectivity index (χ3v) is 10.2. The summed E-state index contributed by atoms with van der Waals surface area (Å²) in [5.41, 5.74) is 0. The molecule has 1 aliphatic heterocycles. The highest BCUT2D eigenvalue weighted by atomic mass is 16.7. The topological polar surface area (TPSA) is 189 Å². The van der Waals surface area contributed by atoms with Gasteiger partial charge < -0.3 is 50.5 Å². The van der Waals surface area contributed by atoms with Gasteiger partial charge in [-0.3, -0.25) is 4.79 Å². The number of carbonyl (C=O) groups excluding carboxylic acids is 1. The van der Waals surface area contributed by atoms with Gasteiger partial charge in [-0.2, -0.15) is 0 Å². The second kappa shape index (κ2) is 30.6. The van der Waals surface area contributed by atoms with Crippen molar-refractivity contribution in [2.75, 3.05) is 13.2 Å². The molecule has 1 aliphatic rings. The zero-order valence-electron chi connectivity index (χ0n) is 31.6. The van der Waals surface area contributed by atoms with Crippen LogP contribution in [0, 0.1) is 0 Å². The van der Waals surface area contributed by atoms with E-state index < -0.39 is 74.2 Å². The molecule has 0 aromatic rings. The molecule has 298 valence electrons. The molecule has 0 saturated carbocycles. The third kappa shape index (κ3) is 21.0.